The summed E-state index contributed by atoms with van der Waals surface area (Å²) in [4.78, 5) is 0. The van der Waals surface area contributed by atoms with Crippen LogP contribution >= 0.6 is 0 Å². The Morgan fingerprint density at radius 2 is 0.770 bits per heavy atom. The summed E-state index contributed by atoms with van der Waals surface area (Å²) in [5.41, 5.74) is -5.53. The van der Waals surface area contributed by atoms with Gasteiger partial charge in [0.2, 0.25) is 0 Å². The monoisotopic (exact) mass is 1020 g/mol. The quantitative estimate of drug-likeness (QED) is 0.0864. The highest BCUT2D eigenvalue weighted by Gasteiger charge is 2.84. The Morgan fingerprint density at radius 1 is 0.492 bits per heavy atom. The summed E-state index contributed by atoms with van der Waals surface area (Å²) in [5, 5.41) is -28.0. The second-order valence-electron chi connectivity index (χ2n) is 12.1. The second kappa shape index (κ2) is 17.7. The minimum absolute atomic E-state index is 0.0186. The van der Waals surface area contributed by atoms with E-state index in [4.69, 9.17) is 4.55 Å². The minimum Gasteiger partial charge on any atom is -0.378 e. The zero-order valence-electron chi connectivity index (χ0n) is 30.2. The number of nitrogens with one attached hydrogen (secondary N) is 1. The molecule has 61 heavy (non-hydrogen) atoms. The fourth-order valence-electron chi connectivity index (χ4n) is 3.76. The lowest BCUT2D eigenvalue weighted by Gasteiger charge is -2.31. The summed E-state index contributed by atoms with van der Waals surface area (Å²) >= 11 is 0. The Hall–Kier alpha value is -3.34. The number of sulfonamides is 2. The predicted octanol–water partition coefficient (Wildman–Crippen LogP) is 7.12. The molecule has 2 aromatic rings. The molecule has 0 aromatic heterocycles. The molecule has 0 heterocycles. The lowest BCUT2D eigenvalue weighted by Crippen LogP contribution is -2.64. The number of hydrogen-bond acceptors (Lipinski definition) is 12. The highest BCUT2D eigenvalue weighted by Crippen LogP contribution is 2.52. The Bertz CT molecular complexity index is 2430. The van der Waals surface area contributed by atoms with Crippen molar-refractivity contribution >= 4 is 50.4 Å². The van der Waals surface area contributed by atoms with Crippen molar-refractivity contribution in [1.82, 2.24) is 4.13 Å². The van der Waals surface area contributed by atoms with Crippen molar-refractivity contribution in [2.75, 3.05) is 0 Å². The van der Waals surface area contributed by atoms with E-state index in [1.165, 1.54) is 12.1 Å². The molecule has 0 amide bonds. The van der Waals surface area contributed by atoms with Crippen LogP contribution in [-0.4, -0.2) is 85.0 Å². The zero-order chi connectivity index (χ0) is 48.7. The van der Waals surface area contributed by atoms with E-state index in [1.807, 2.05) is 6.92 Å². The summed E-state index contributed by atoms with van der Waals surface area (Å²) < 4.78 is 326. The maximum Gasteiger partial charge on any atom is 0.512 e. The number of rotatable bonds is 18. The fraction of sp³-hybridized carbons (Fsp3) is 0.556. The van der Waals surface area contributed by atoms with Gasteiger partial charge in [0.15, 0.2) is 0 Å². The van der Waals surface area contributed by atoms with Crippen LogP contribution in [0.2, 0.25) is 0 Å². The van der Waals surface area contributed by atoms with Crippen LogP contribution in [0.1, 0.15) is 63.5 Å². The zero-order valence-corrected chi connectivity index (χ0v) is 34.3. The summed E-state index contributed by atoms with van der Waals surface area (Å²) in [5.74, 6) is -16.7. The first-order valence-electron chi connectivity index (χ1n) is 15.5. The standard InChI is InChI=1S/C14H14F9NO7S3.C13H14F6O6S2/c1-3-8(2)9-4-6-10(7-5-9)31-34(29,30)13(19,20)11(15,16)12(17,18)32(25,26)24-33(27,28)14(21,22)23;1-3-8(2)9-4-6-10(7-5-9)25-27(23,24)13(18,19)11(14,15)12(16,17)26(20,21)22/h4-8,24H,3H2,1-2H3;4-8H,3H2,1-2H3,(H,20,21,22). The predicted molar refractivity (Wildman–Crippen MR) is 178 cm³/mol. The molecule has 0 aliphatic carbocycles. The van der Waals surface area contributed by atoms with Gasteiger partial charge >= 0.3 is 78.7 Å². The molecule has 0 aliphatic heterocycles. The summed E-state index contributed by atoms with van der Waals surface area (Å²) in [6.45, 7) is 7.03. The van der Waals surface area contributed by atoms with Crippen LogP contribution in [0.15, 0.2) is 48.5 Å². The van der Waals surface area contributed by atoms with Crippen molar-refractivity contribution in [2.45, 2.75) is 90.7 Å². The molecule has 0 saturated heterocycles. The van der Waals surface area contributed by atoms with Crippen LogP contribution in [0.25, 0.3) is 0 Å². The summed E-state index contributed by atoms with van der Waals surface area (Å²) in [7, 11) is -36.2. The molecule has 0 bridgehead atoms. The average Bonchev–Trinajstić information content (AvgIpc) is 3.09. The molecule has 2 aromatic carbocycles. The van der Waals surface area contributed by atoms with Crippen LogP contribution in [0.4, 0.5) is 65.9 Å². The first-order valence-corrected chi connectivity index (χ1v) is 22.7. The molecule has 2 N–H and O–H groups in total. The fourth-order valence-corrected chi connectivity index (χ4v) is 8.58. The van der Waals surface area contributed by atoms with E-state index >= 15 is 0 Å². The number of hydrogen-bond donors (Lipinski definition) is 2. The van der Waals surface area contributed by atoms with Crippen molar-refractivity contribution < 1.29 is 121 Å². The van der Waals surface area contributed by atoms with Crippen LogP contribution in [0.3, 0.4) is 0 Å². The molecule has 34 heteroatoms. The Labute approximate surface area is 336 Å². The van der Waals surface area contributed by atoms with Gasteiger partial charge in [0, 0.05) is 0 Å². The lowest BCUT2D eigenvalue weighted by molar-refractivity contribution is -0.247. The van der Waals surface area contributed by atoms with Crippen LogP contribution in [-0.2, 0) is 50.4 Å². The topological polar surface area (TPSA) is 221 Å². The van der Waals surface area contributed by atoms with Crippen molar-refractivity contribution in [2.24, 2.45) is 0 Å². The molecular weight excluding hydrogens is 992 g/mol. The number of alkyl halides is 15. The van der Waals surface area contributed by atoms with E-state index in [9.17, 15) is 108 Å². The van der Waals surface area contributed by atoms with Crippen molar-refractivity contribution in [3.63, 3.8) is 0 Å². The number of halogens is 15. The van der Waals surface area contributed by atoms with Gasteiger partial charge < -0.3 is 8.37 Å². The SMILES string of the molecule is CCC(C)c1ccc(OS(=O)(=O)C(F)(F)C(F)(F)C(F)(F)S(=O)(=O)NS(=O)(=O)C(F)(F)F)cc1.CCC(C)c1ccc(OS(=O)(=O)C(F)(F)C(F)(F)C(F)(F)S(=O)(=O)O)cc1. The van der Waals surface area contributed by atoms with Gasteiger partial charge in [0.05, 0.1) is 0 Å². The molecule has 0 radical (unpaired) electrons. The molecular formula is C27H28F15NO13S5. The van der Waals surface area contributed by atoms with Gasteiger partial charge in [0.25, 0.3) is 10.0 Å². The molecule has 0 aliphatic rings. The molecule has 354 valence electrons. The third-order valence-electron chi connectivity index (χ3n) is 7.81. The molecule has 2 atom stereocenters. The molecule has 14 nitrogen and oxygen atoms in total. The van der Waals surface area contributed by atoms with E-state index in [-0.39, 0.29) is 11.8 Å². The molecule has 2 rings (SSSR count). The molecule has 0 saturated carbocycles. The van der Waals surface area contributed by atoms with Gasteiger partial charge in [-0.05, 0) is 60.1 Å². The first kappa shape index (κ1) is 55.7. The number of benzene rings is 2. The van der Waals surface area contributed by atoms with Crippen LogP contribution in [0.5, 0.6) is 11.5 Å². The van der Waals surface area contributed by atoms with Crippen LogP contribution in [0, 0.1) is 0 Å². The van der Waals surface area contributed by atoms with Gasteiger partial charge in [-0.3, -0.25) is 4.55 Å². The van der Waals surface area contributed by atoms with Gasteiger partial charge in [-0.25, -0.2) is 16.8 Å². The Morgan fingerprint density at radius 3 is 1.02 bits per heavy atom. The second-order valence-corrected chi connectivity index (χ2v) is 20.4. The molecule has 2 unspecified atom stereocenters. The highest BCUT2D eigenvalue weighted by atomic mass is 32.3. The molecule has 0 spiro atoms. The Balaban J connectivity index is 0.000000626. The van der Waals surface area contributed by atoms with E-state index in [2.05, 4.69) is 8.37 Å². The van der Waals surface area contributed by atoms with Gasteiger partial charge in [0.1, 0.15) is 11.5 Å². The Kier molecular flexibility index (Phi) is 16.1. The van der Waals surface area contributed by atoms with Crippen LogP contribution < -0.4 is 12.5 Å². The first-order chi connectivity index (χ1) is 26.8. The third kappa shape index (κ3) is 10.7. The molecule has 0 fully saturated rings. The summed E-state index contributed by atoms with van der Waals surface area (Å²) in [6, 6.07) is 7.71. The van der Waals surface area contributed by atoms with E-state index in [1.54, 1.807) is 20.8 Å². The largest absolute Gasteiger partial charge is 0.512 e. The third-order valence-corrected chi connectivity index (χ3v) is 14.6. The van der Waals surface area contributed by atoms with E-state index < -0.39 is 104 Å². The average molecular weight is 1020 g/mol. The van der Waals surface area contributed by atoms with Crippen molar-refractivity contribution in [1.29, 1.82) is 0 Å². The maximum atomic E-state index is 14.0. The van der Waals surface area contributed by atoms with Crippen molar-refractivity contribution in [3.8, 4) is 11.5 Å². The van der Waals surface area contributed by atoms with Crippen molar-refractivity contribution in [3.05, 3.63) is 59.7 Å². The van der Waals surface area contributed by atoms with Gasteiger partial charge in [-0.1, -0.05) is 56.1 Å². The normalized spacial score (nSPS) is 15.6. The van der Waals surface area contributed by atoms with E-state index in [0.29, 0.717) is 36.1 Å². The van der Waals surface area contributed by atoms with Gasteiger partial charge in [-0.15, -0.1) is 0 Å². The minimum atomic E-state index is -7.83. The lowest BCUT2D eigenvalue weighted by atomic mass is 9.99. The van der Waals surface area contributed by atoms with Gasteiger partial charge in [-0.2, -0.15) is 91.1 Å². The summed E-state index contributed by atoms with van der Waals surface area (Å²) in [6.07, 6.45) is 1.22. The smallest absolute Gasteiger partial charge is 0.378 e. The maximum absolute atomic E-state index is 14.0. The highest BCUT2D eigenvalue weighted by molar-refractivity contribution is 8.05. The van der Waals surface area contributed by atoms with E-state index in [0.717, 1.165) is 24.3 Å².